The minimum atomic E-state index is 0.605. The van der Waals surface area contributed by atoms with Gasteiger partial charge in [-0.25, -0.2) is 0 Å². The molecule has 0 N–H and O–H groups in total. The lowest BCUT2D eigenvalue weighted by Gasteiger charge is -2.09. The van der Waals surface area contributed by atoms with Gasteiger partial charge in [0.05, 0.1) is 26.4 Å². The quantitative estimate of drug-likeness (QED) is 0.248. The van der Waals surface area contributed by atoms with Gasteiger partial charge in [0.1, 0.15) is 11.5 Å². The van der Waals surface area contributed by atoms with Crippen molar-refractivity contribution in [2.75, 3.05) is 13.2 Å². The molecule has 0 spiro atoms. The first-order valence-electron chi connectivity index (χ1n) is 11.4. The molecule has 0 atom stereocenters. The molecule has 0 aliphatic rings. The Morgan fingerprint density at radius 1 is 0.394 bits per heavy atom. The van der Waals surface area contributed by atoms with E-state index in [9.17, 15) is 0 Å². The molecule has 0 saturated heterocycles. The van der Waals surface area contributed by atoms with Crippen LogP contribution in [-0.2, 0) is 30.8 Å². The summed E-state index contributed by atoms with van der Waals surface area (Å²) in [5.41, 5.74) is 4.89. The van der Waals surface area contributed by atoms with E-state index in [0.29, 0.717) is 26.4 Å². The van der Waals surface area contributed by atoms with Gasteiger partial charge in [0, 0.05) is 12.8 Å². The molecule has 0 unspecified atom stereocenters. The summed E-state index contributed by atoms with van der Waals surface area (Å²) in [5, 5.41) is 0. The van der Waals surface area contributed by atoms with Crippen LogP contribution in [-0.4, -0.2) is 13.2 Å². The zero-order valence-corrected chi connectivity index (χ0v) is 18.9. The topological polar surface area (TPSA) is 27.7 Å². The standard InChI is InChI=1S/C30H30O3/c1-3-7-29(8-4-1)32-21-19-25-11-15-27(16-12-25)23-31-24-28-17-13-26(14-18-28)20-22-33-30-9-5-2-6-10-30/h1-18H,19-24H2. The number of hydrogen-bond donors (Lipinski definition) is 0. The van der Waals surface area contributed by atoms with Crippen molar-refractivity contribution in [2.45, 2.75) is 26.1 Å². The highest BCUT2D eigenvalue weighted by atomic mass is 16.5. The Hall–Kier alpha value is -3.56. The maximum absolute atomic E-state index is 5.91. The fourth-order valence-electron chi connectivity index (χ4n) is 3.50. The van der Waals surface area contributed by atoms with Crippen molar-refractivity contribution < 1.29 is 14.2 Å². The third kappa shape index (κ3) is 7.81. The van der Waals surface area contributed by atoms with E-state index in [-0.39, 0.29) is 0 Å². The van der Waals surface area contributed by atoms with Crippen LogP contribution >= 0.6 is 0 Å². The Labute approximate surface area is 196 Å². The molecule has 0 radical (unpaired) electrons. The molecular weight excluding hydrogens is 408 g/mol. The molecule has 3 heteroatoms. The van der Waals surface area contributed by atoms with Crippen molar-refractivity contribution in [2.24, 2.45) is 0 Å². The average Bonchev–Trinajstić information content (AvgIpc) is 2.87. The molecule has 0 fully saturated rings. The van der Waals surface area contributed by atoms with Crippen molar-refractivity contribution in [3.05, 3.63) is 131 Å². The van der Waals surface area contributed by atoms with Crippen molar-refractivity contribution in [3.8, 4) is 11.5 Å². The van der Waals surface area contributed by atoms with Gasteiger partial charge in [0.2, 0.25) is 0 Å². The van der Waals surface area contributed by atoms with E-state index < -0.39 is 0 Å². The van der Waals surface area contributed by atoms with E-state index in [1.807, 2.05) is 60.7 Å². The number of hydrogen-bond acceptors (Lipinski definition) is 3. The van der Waals surface area contributed by atoms with E-state index in [2.05, 4.69) is 48.5 Å². The van der Waals surface area contributed by atoms with E-state index in [0.717, 1.165) is 24.3 Å². The molecule has 0 aliphatic heterocycles. The second kappa shape index (κ2) is 12.5. The molecule has 4 aromatic rings. The van der Waals surface area contributed by atoms with Crippen LogP contribution in [0.25, 0.3) is 0 Å². The molecule has 4 rings (SSSR count). The van der Waals surface area contributed by atoms with Gasteiger partial charge in [-0.05, 0) is 46.5 Å². The minimum Gasteiger partial charge on any atom is -0.493 e. The molecule has 0 aliphatic carbocycles. The van der Waals surface area contributed by atoms with Crippen LogP contribution in [0, 0.1) is 0 Å². The Kier molecular flexibility index (Phi) is 8.55. The van der Waals surface area contributed by atoms with Gasteiger partial charge in [0.25, 0.3) is 0 Å². The van der Waals surface area contributed by atoms with E-state index in [4.69, 9.17) is 14.2 Å². The molecule has 0 saturated carbocycles. The highest BCUT2D eigenvalue weighted by Gasteiger charge is 2.00. The first kappa shape index (κ1) is 22.6. The highest BCUT2D eigenvalue weighted by molar-refractivity contribution is 5.25. The van der Waals surface area contributed by atoms with Gasteiger partial charge in [-0.1, -0.05) is 84.9 Å². The SMILES string of the molecule is c1ccc(OCCc2ccc(COCc3ccc(CCOc4ccccc4)cc3)cc2)cc1. The molecule has 3 nitrogen and oxygen atoms in total. The van der Waals surface area contributed by atoms with Gasteiger partial charge in [0.15, 0.2) is 0 Å². The average molecular weight is 439 g/mol. The second-order valence-corrected chi connectivity index (χ2v) is 7.95. The molecule has 168 valence electrons. The molecule has 0 amide bonds. The fraction of sp³-hybridized carbons (Fsp3) is 0.200. The Morgan fingerprint density at radius 3 is 1.15 bits per heavy atom. The van der Waals surface area contributed by atoms with E-state index >= 15 is 0 Å². The summed E-state index contributed by atoms with van der Waals surface area (Å²) in [4.78, 5) is 0. The van der Waals surface area contributed by atoms with E-state index in [1.165, 1.54) is 22.3 Å². The normalized spacial score (nSPS) is 10.7. The van der Waals surface area contributed by atoms with Crippen LogP contribution in [0.2, 0.25) is 0 Å². The molecule has 33 heavy (non-hydrogen) atoms. The first-order chi connectivity index (χ1) is 16.3. The Bertz CT molecular complexity index is 970. The lowest BCUT2D eigenvalue weighted by Crippen LogP contribution is -2.02. The van der Waals surface area contributed by atoms with Gasteiger partial charge in [-0.3, -0.25) is 0 Å². The van der Waals surface area contributed by atoms with Crippen molar-refractivity contribution >= 4 is 0 Å². The monoisotopic (exact) mass is 438 g/mol. The molecular formula is C30H30O3. The molecule has 0 bridgehead atoms. The summed E-state index contributed by atoms with van der Waals surface area (Å²) >= 11 is 0. The zero-order chi connectivity index (χ0) is 22.6. The van der Waals surface area contributed by atoms with Crippen LogP contribution in [0.1, 0.15) is 22.3 Å². The molecule has 4 aromatic carbocycles. The summed E-state index contributed by atoms with van der Waals surface area (Å²) in [6, 6.07) is 37.0. The molecule has 0 heterocycles. The first-order valence-corrected chi connectivity index (χ1v) is 11.4. The third-order valence-corrected chi connectivity index (χ3v) is 5.39. The number of rotatable bonds is 12. The summed E-state index contributed by atoms with van der Waals surface area (Å²) in [7, 11) is 0. The lowest BCUT2D eigenvalue weighted by atomic mass is 10.1. The number of para-hydroxylation sites is 2. The summed E-state index contributed by atoms with van der Waals surface area (Å²) in [6.45, 7) is 2.56. The lowest BCUT2D eigenvalue weighted by molar-refractivity contribution is 0.107. The van der Waals surface area contributed by atoms with Crippen molar-refractivity contribution in [3.63, 3.8) is 0 Å². The van der Waals surface area contributed by atoms with Crippen LogP contribution in [0.4, 0.5) is 0 Å². The predicted octanol–water partition coefficient (Wildman–Crippen LogP) is 6.65. The maximum Gasteiger partial charge on any atom is 0.119 e. The van der Waals surface area contributed by atoms with Gasteiger partial charge in [-0.2, -0.15) is 0 Å². The minimum absolute atomic E-state index is 0.605. The summed E-state index contributed by atoms with van der Waals surface area (Å²) < 4.78 is 17.5. The Balaban J connectivity index is 1.13. The van der Waals surface area contributed by atoms with Crippen molar-refractivity contribution in [1.29, 1.82) is 0 Å². The predicted molar refractivity (Wildman–Crippen MR) is 133 cm³/mol. The number of ether oxygens (including phenoxy) is 3. The third-order valence-electron chi connectivity index (χ3n) is 5.39. The summed E-state index contributed by atoms with van der Waals surface area (Å²) in [6.07, 6.45) is 1.78. The zero-order valence-electron chi connectivity index (χ0n) is 18.9. The molecule has 0 aromatic heterocycles. The van der Waals surface area contributed by atoms with Gasteiger partial charge >= 0.3 is 0 Å². The smallest absolute Gasteiger partial charge is 0.119 e. The van der Waals surface area contributed by atoms with Gasteiger partial charge in [-0.15, -0.1) is 0 Å². The van der Waals surface area contributed by atoms with E-state index in [1.54, 1.807) is 0 Å². The largest absolute Gasteiger partial charge is 0.493 e. The Morgan fingerprint density at radius 2 is 0.758 bits per heavy atom. The maximum atomic E-state index is 5.91. The van der Waals surface area contributed by atoms with Gasteiger partial charge < -0.3 is 14.2 Å². The summed E-state index contributed by atoms with van der Waals surface area (Å²) in [5.74, 6) is 1.83. The van der Waals surface area contributed by atoms with Crippen molar-refractivity contribution in [1.82, 2.24) is 0 Å². The second-order valence-electron chi connectivity index (χ2n) is 7.95. The number of benzene rings is 4. The van der Waals surface area contributed by atoms with Crippen LogP contribution in [0.3, 0.4) is 0 Å². The van der Waals surface area contributed by atoms with Crippen LogP contribution in [0.5, 0.6) is 11.5 Å². The highest BCUT2D eigenvalue weighted by Crippen LogP contribution is 2.13. The van der Waals surface area contributed by atoms with Crippen LogP contribution in [0.15, 0.2) is 109 Å². The van der Waals surface area contributed by atoms with Crippen LogP contribution < -0.4 is 9.47 Å². The fourth-order valence-corrected chi connectivity index (χ4v) is 3.50.